The summed E-state index contributed by atoms with van der Waals surface area (Å²) in [5, 5.41) is 38.8. The van der Waals surface area contributed by atoms with E-state index in [-0.39, 0.29) is 0 Å². The fraction of sp³-hybridized carbons (Fsp3) is 0. The third-order valence-electron chi connectivity index (χ3n) is 2.17. The largest absolute Gasteiger partial charge is 0.337 e. The van der Waals surface area contributed by atoms with Gasteiger partial charge in [-0.3, -0.25) is 10.1 Å². The van der Waals surface area contributed by atoms with Gasteiger partial charge < -0.3 is 5.32 Å². The Morgan fingerprint density at radius 2 is 1.81 bits per heavy atom. The van der Waals surface area contributed by atoms with Crippen LogP contribution in [0.25, 0.3) is 0 Å². The van der Waals surface area contributed by atoms with Crippen LogP contribution in [0.2, 0.25) is 0 Å². The molecule has 1 N–H and O–H groups in total. The fourth-order valence-electron chi connectivity index (χ4n) is 1.25. The number of nitriles is 3. The molecule has 0 saturated heterocycles. The van der Waals surface area contributed by atoms with E-state index in [1.807, 2.05) is 5.32 Å². The topological polar surface area (TPSA) is 127 Å². The van der Waals surface area contributed by atoms with Gasteiger partial charge in [-0.05, 0) is 15.9 Å². The van der Waals surface area contributed by atoms with E-state index in [9.17, 15) is 18.9 Å². The highest BCUT2D eigenvalue weighted by Gasteiger charge is 2.26. The first-order valence-corrected chi connectivity index (χ1v) is 5.70. The molecular formula is C11H2BrF2N5O2. The van der Waals surface area contributed by atoms with Crippen LogP contribution in [-0.2, 0) is 0 Å². The Kier molecular flexibility index (Phi) is 4.90. The maximum atomic E-state index is 13.8. The van der Waals surface area contributed by atoms with Crippen molar-refractivity contribution < 1.29 is 13.7 Å². The van der Waals surface area contributed by atoms with Crippen molar-refractivity contribution in [3.05, 3.63) is 43.6 Å². The van der Waals surface area contributed by atoms with E-state index in [4.69, 9.17) is 15.8 Å². The summed E-state index contributed by atoms with van der Waals surface area (Å²) in [5.41, 5.74) is -3.29. The van der Waals surface area contributed by atoms with E-state index >= 15 is 0 Å². The van der Waals surface area contributed by atoms with Crippen molar-refractivity contribution >= 4 is 27.3 Å². The first-order valence-electron chi connectivity index (χ1n) is 4.90. The van der Waals surface area contributed by atoms with Gasteiger partial charge in [0.05, 0.1) is 9.40 Å². The Morgan fingerprint density at radius 3 is 2.24 bits per heavy atom. The second-order valence-electron chi connectivity index (χ2n) is 3.35. The van der Waals surface area contributed by atoms with E-state index in [0.717, 1.165) is 0 Å². The zero-order valence-corrected chi connectivity index (χ0v) is 11.4. The van der Waals surface area contributed by atoms with Gasteiger partial charge in [-0.15, -0.1) is 0 Å². The fourth-order valence-corrected chi connectivity index (χ4v) is 1.64. The molecular weight excluding hydrogens is 352 g/mol. The molecule has 0 heterocycles. The Bertz CT molecular complexity index is 770. The van der Waals surface area contributed by atoms with Crippen molar-refractivity contribution in [2.24, 2.45) is 0 Å². The van der Waals surface area contributed by atoms with Gasteiger partial charge in [-0.1, -0.05) is 0 Å². The maximum Gasteiger partial charge on any atom is 0.297 e. The molecule has 0 spiro atoms. The molecule has 0 bridgehead atoms. The second-order valence-corrected chi connectivity index (χ2v) is 4.20. The summed E-state index contributed by atoms with van der Waals surface area (Å²) in [6.07, 6.45) is 0. The van der Waals surface area contributed by atoms with Gasteiger partial charge in [0, 0.05) is 6.07 Å². The smallest absolute Gasteiger partial charge is 0.297 e. The average molecular weight is 354 g/mol. The van der Waals surface area contributed by atoms with Gasteiger partial charge in [-0.25, -0.2) is 8.78 Å². The third kappa shape index (κ3) is 3.11. The molecule has 1 rings (SSSR count). The van der Waals surface area contributed by atoms with Crippen molar-refractivity contribution in [1.82, 2.24) is 0 Å². The normalized spacial score (nSPS) is 8.95. The Hall–Kier alpha value is -3.03. The molecule has 0 aliphatic rings. The number of anilines is 1. The van der Waals surface area contributed by atoms with E-state index in [1.54, 1.807) is 0 Å². The summed E-state index contributed by atoms with van der Waals surface area (Å²) in [7, 11) is 0. The standard InChI is InChI=1S/C11H2BrF2N5O2/c12-6-1-8(19(20)21)11(10(14)9(6)13)18-7(4-17)5(2-15)3-16/h1,18H. The van der Waals surface area contributed by atoms with Crippen LogP contribution < -0.4 is 5.32 Å². The molecule has 0 unspecified atom stereocenters. The summed E-state index contributed by atoms with van der Waals surface area (Å²) in [6, 6.07) is 4.78. The summed E-state index contributed by atoms with van der Waals surface area (Å²) in [6.45, 7) is 0. The molecule has 104 valence electrons. The summed E-state index contributed by atoms with van der Waals surface area (Å²) < 4.78 is 26.7. The maximum absolute atomic E-state index is 13.8. The molecule has 0 aromatic heterocycles. The number of rotatable bonds is 3. The molecule has 1 aromatic rings. The van der Waals surface area contributed by atoms with Gasteiger partial charge in [0.1, 0.15) is 23.9 Å². The lowest BCUT2D eigenvalue weighted by Crippen LogP contribution is -2.07. The van der Waals surface area contributed by atoms with Crippen LogP contribution in [0.15, 0.2) is 21.8 Å². The Labute approximate surface area is 124 Å². The number of benzene rings is 1. The minimum absolute atomic E-state index is 0.486. The van der Waals surface area contributed by atoms with E-state index in [0.29, 0.717) is 6.07 Å². The molecule has 0 aliphatic carbocycles. The molecule has 0 saturated carbocycles. The number of allylic oxidation sites excluding steroid dienone is 2. The first kappa shape index (κ1) is 16.0. The molecule has 21 heavy (non-hydrogen) atoms. The number of nitro groups is 1. The predicted molar refractivity (Wildman–Crippen MR) is 68.2 cm³/mol. The molecule has 0 atom stereocenters. The summed E-state index contributed by atoms with van der Waals surface area (Å²) in [5.74, 6) is -3.05. The highest BCUT2D eigenvalue weighted by atomic mass is 79.9. The molecule has 0 aliphatic heterocycles. The van der Waals surface area contributed by atoms with Crippen LogP contribution >= 0.6 is 15.9 Å². The van der Waals surface area contributed by atoms with Crippen molar-refractivity contribution in [3.63, 3.8) is 0 Å². The number of nitrogens with one attached hydrogen (secondary N) is 1. The van der Waals surface area contributed by atoms with Gasteiger partial charge in [0.2, 0.25) is 0 Å². The van der Waals surface area contributed by atoms with Crippen molar-refractivity contribution in [2.45, 2.75) is 0 Å². The second kappa shape index (κ2) is 6.42. The number of hydrogen-bond acceptors (Lipinski definition) is 6. The summed E-state index contributed by atoms with van der Waals surface area (Å²) in [4.78, 5) is 9.83. The van der Waals surface area contributed by atoms with Gasteiger partial charge in [0.25, 0.3) is 5.69 Å². The predicted octanol–water partition coefficient (Wildman–Crippen LogP) is 2.87. The molecule has 0 fully saturated rings. The molecule has 10 heteroatoms. The van der Waals surface area contributed by atoms with Crippen LogP contribution in [0, 0.1) is 55.7 Å². The third-order valence-corrected chi connectivity index (χ3v) is 2.75. The lowest BCUT2D eigenvalue weighted by molar-refractivity contribution is -0.384. The highest BCUT2D eigenvalue weighted by molar-refractivity contribution is 9.10. The lowest BCUT2D eigenvalue weighted by Gasteiger charge is -2.08. The molecule has 7 nitrogen and oxygen atoms in total. The Balaban J connectivity index is 3.60. The van der Waals surface area contributed by atoms with Crippen LogP contribution in [0.5, 0.6) is 0 Å². The molecule has 0 radical (unpaired) electrons. The van der Waals surface area contributed by atoms with Gasteiger partial charge >= 0.3 is 0 Å². The van der Waals surface area contributed by atoms with Crippen molar-refractivity contribution in [2.75, 3.05) is 5.32 Å². The van der Waals surface area contributed by atoms with Crippen LogP contribution in [0.1, 0.15) is 0 Å². The molecule has 0 amide bonds. The quantitative estimate of drug-likeness (QED) is 0.385. The minimum atomic E-state index is -1.63. The Morgan fingerprint density at radius 1 is 1.24 bits per heavy atom. The van der Waals surface area contributed by atoms with E-state index < -0.39 is 43.7 Å². The van der Waals surface area contributed by atoms with Gasteiger partial charge in [0.15, 0.2) is 22.9 Å². The minimum Gasteiger partial charge on any atom is -0.337 e. The number of hydrogen-bond donors (Lipinski definition) is 1. The van der Waals surface area contributed by atoms with Gasteiger partial charge in [-0.2, -0.15) is 15.8 Å². The van der Waals surface area contributed by atoms with Crippen molar-refractivity contribution in [3.8, 4) is 18.2 Å². The number of halogens is 3. The zero-order chi connectivity index (χ0) is 16.2. The van der Waals surface area contributed by atoms with Crippen LogP contribution in [0.4, 0.5) is 20.2 Å². The van der Waals surface area contributed by atoms with Crippen molar-refractivity contribution in [1.29, 1.82) is 15.8 Å². The summed E-state index contributed by atoms with van der Waals surface area (Å²) >= 11 is 2.61. The lowest BCUT2D eigenvalue weighted by atomic mass is 10.2. The van der Waals surface area contributed by atoms with Crippen LogP contribution in [0.3, 0.4) is 0 Å². The number of nitro benzene ring substituents is 1. The van der Waals surface area contributed by atoms with Crippen LogP contribution in [-0.4, -0.2) is 4.92 Å². The average Bonchev–Trinajstić information content (AvgIpc) is 2.46. The SMILES string of the molecule is N#CC(C#N)=C(C#N)Nc1c([N+](=O)[O-])cc(Br)c(F)c1F. The monoisotopic (exact) mass is 353 g/mol. The molecule has 1 aromatic carbocycles. The highest BCUT2D eigenvalue weighted by Crippen LogP contribution is 2.35. The zero-order valence-electron chi connectivity index (χ0n) is 9.82. The first-order chi connectivity index (χ1) is 9.87. The van der Waals surface area contributed by atoms with E-state index in [2.05, 4.69) is 15.9 Å². The van der Waals surface area contributed by atoms with E-state index in [1.165, 1.54) is 18.2 Å². The number of nitrogens with zero attached hydrogens (tertiary/aromatic N) is 4.